The Bertz CT molecular complexity index is 2030. The molecule has 0 N–H and O–H groups in total. The summed E-state index contributed by atoms with van der Waals surface area (Å²) < 4.78 is 37.7. The second-order valence-electron chi connectivity index (χ2n) is 13.2. The summed E-state index contributed by atoms with van der Waals surface area (Å²) in [6.07, 6.45) is 0. The molecule has 6 aromatic rings. The summed E-state index contributed by atoms with van der Waals surface area (Å²) in [4.78, 5) is 4.76. The van der Waals surface area contributed by atoms with Crippen molar-refractivity contribution in [2.75, 3.05) is 68.8 Å². The third kappa shape index (κ3) is 8.06. The number of ether oxygens (including phenoxy) is 6. The zero-order valence-electron chi connectivity index (χ0n) is 32.4. The van der Waals surface area contributed by atoms with Gasteiger partial charge in [0, 0.05) is 37.3 Å². The predicted octanol–water partition coefficient (Wildman–Crippen LogP) is 4.30. The monoisotopic (exact) mass is 762 g/mol. The van der Waals surface area contributed by atoms with E-state index in [-0.39, 0.29) is 12.1 Å². The second kappa shape index (κ2) is 17.5. The molecule has 1 saturated heterocycles. The molecule has 0 saturated carbocycles. The Labute approximate surface area is 325 Å². The van der Waals surface area contributed by atoms with E-state index < -0.39 is 0 Å². The molecule has 7 rings (SSSR count). The van der Waals surface area contributed by atoms with Gasteiger partial charge in [-0.1, -0.05) is 24.3 Å². The molecule has 0 radical (unpaired) electrons. The van der Waals surface area contributed by atoms with Crippen LogP contribution in [0.2, 0.25) is 0 Å². The molecule has 1 fully saturated rings. The van der Waals surface area contributed by atoms with Gasteiger partial charge in [-0.05, 0) is 92.6 Å². The first-order chi connectivity index (χ1) is 27.5. The summed E-state index contributed by atoms with van der Waals surface area (Å²) in [6.45, 7) is 3.49. The number of hydrogen-bond donors (Lipinski definition) is 0. The summed E-state index contributed by atoms with van der Waals surface area (Å²) in [6, 6.07) is 26.7. The van der Waals surface area contributed by atoms with Gasteiger partial charge in [-0.3, -0.25) is 9.80 Å². The van der Waals surface area contributed by atoms with Crippen LogP contribution in [0.1, 0.15) is 46.0 Å². The van der Waals surface area contributed by atoms with Crippen LogP contribution in [0.3, 0.4) is 0 Å². The molecule has 1 aliphatic heterocycles. The smallest absolute Gasteiger partial charge is 0.173 e. The van der Waals surface area contributed by atoms with E-state index in [1.807, 2.05) is 94.3 Å². The Morgan fingerprint density at radius 1 is 0.464 bits per heavy atom. The van der Waals surface area contributed by atoms with Crippen LogP contribution in [-0.2, 0) is 13.1 Å². The van der Waals surface area contributed by atoms with Gasteiger partial charge in [0.2, 0.25) is 0 Å². The molecule has 0 unspecified atom stereocenters. The molecule has 1 aliphatic rings. The summed E-state index contributed by atoms with van der Waals surface area (Å²) in [5.74, 6) is 5.72. The Morgan fingerprint density at radius 3 is 1.16 bits per heavy atom. The van der Waals surface area contributed by atoms with Gasteiger partial charge in [-0.2, -0.15) is 0 Å². The molecule has 292 valence electrons. The van der Waals surface area contributed by atoms with Gasteiger partial charge in [-0.15, -0.1) is 10.2 Å². The molecular weight excluding hydrogens is 717 g/mol. The number of benzene rings is 4. The van der Waals surface area contributed by atoms with E-state index in [0.29, 0.717) is 73.9 Å². The van der Waals surface area contributed by atoms with Crippen molar-refractivity contribution in [3.63, 3.8) is 0 Å². The van der Waals surface area contributed by atoms with Crippen molar-refractivity contribution in [3.05, 3.63) is 119 Å². The quantitative estimate of drug-likeness (QED) is 0.138. The molecule has 2 aromatic heterocycles. The number of tetrazole rings is 2. The zero-order chi connectivity index (χ0) is 39.0. The standard InChI is InChI=1S/C40H46N10O6/c1-51-29-11-7-27(8-12-29)25-49-39(41-43-45-49)37(33-23-31(53-3)15-17-35(33)55-5)47-19-21-48(22-20-47)38(34-24-32(54-4)16-18-36(34)56-6)40-42-44-46-50(40)26-28-9-13-30(52-2)14-10-28/h7-18,23-24,37-38H,19-22,25-26H2,1-6H3/t37-,38-/m0/s1. The summed E-state index contributed by atoms with van der Waals surface area (Å²) in [5.41, 5.74) is 3.84. The average Bonchev–Trinajstić information content (AvgIpc) is 3.91. The van der Waals surface area contributed by atoms with Gasteiger partial charge in [0.1, 0.15) is 46.6 Å². The molecule has 16 nitrogen and oxygen atoms in total. The fourth-order valence-corrected chi connectivity index (χ4v) is 7.21. The molecule has 0 bridgehead atoms. The van der Waals surface area contributed by atoms with Crippen LogP contribution in [-0.4, -0.2) is 119 Å². The van der Waals surface area contributed by atoms with Crippen molar-refractivity contribution < 1.29 is 28.4 Å². The van der Waals surface area contributed by atoms with Crippen LogP contribution < -0.4 is 28.4 Å². The predicted molar refractivity (Wildman–Crippen MR) is 206 cm³/mol. The Hall–Kier alpha value is -6.26. The maximum atomic E-state index is 5.94. The number of methoxy groups -OCH3 is 6. The van der Waals surface area contributed by atoms with E-state index in [1.165, 1.54) is 0 Å². The van der Waals surface area contributed by atoms with Crippen LogP contribution >= 0.6 is 0 Å². The summed E-state index contributed by atoms with van der Waals surface area (Å²) >= 11 is 0. The van der Waals surface area contributed by atoms with Crippen molar-refractivity contribution in [2.45, 2.75) is 25.2 Å². The molecule has 3 heterocycles. The Balaban J connectivity index is 1.24. The fraction of sp³-hybridized carbons (Fsp3) is 0.350. The van der Waals surface area contributed by atoms with E-state index in [9.17, 15) is 0 Å². The van der Waals surface area contributed by atoms with Gasteiger partial charge >= 0.3 is 0 Å². The lowest BCUT2D eigenvalue weighted by atomic mass is 9.99. The molecule has 56 heavy (non-hydrogen) atoms. The van der Waals surface area contributed by atoms with E-state index in [1.54, 1.807) is 42.7 Å². The number of hydrogen-bond acceptors (Lipinski definition) is 14. The summed E-state index contributed by atoms with van der Waals surface area (Å²) in [5, 5.41) is 26.5. The first-order valence-electron chi connectivity index (χ1n) is 18.2. The van der Waals surface area contributed by atoms with Gasteiger partial charge in [0.25, 0.3) is 0 Å². The van der Waals surface area contributed by atoms with E-state index in [4.69, 9.17) is 28.4 Å². The fourth-order valence-electron chi connectivity index (χ4n) is 7.21. The third-order valence-electron chi connectivity index (χ3n) is 10.1. The van der Waals surface area contributed by atoms with Gasteiger partial charge in [0.15, 0.2) is 11.6 Å². The lowest BCUT2D eigenvalue weighted by Gasteiger charge is -2.42. The van der Waals surface area contributed by atoms with Crippen molar-refractivity contribution in [1.29, 1.82) is 0 Å². The topological polar surface area (TPSA) is 149 Å². The van der Waals surface area contributed by atoms with E-state index in [0.717, 1.165) is 33.8 Å². The normalized spacial score (nSPS) is 14.5. The molecule has 0 amide bonds. The third-order valence-corrected chi connectivity index (χ3v) is 10.1. The number of rotatable bonds is 16. The van der Waals surface area contributed by atoms with Crippen LogP contribution in [0.4, 0.5) is 0 Å². The Morgan fingerprint density at radius 2 is 0.821 bits per heavy atom. The first kappa shape index (κ1) is 38.0. The van der Waals surface area contributed by atoms with Crippen molar-refractivity contribution in [2.24, 2.45) is 0 Å². The highest BCUT2D eigenvalue weighted by molar-refractivity contribution is 5.46. The SMILES string of the molecule is COc1ccc(Cn2nnnc2[C@H](c2cc(OC)ccc2OC)N2CCN([C@@H](c3cc(OC)ccc3OC)c3nnnn3Cc3ccc(OC)cc3)CC2)cc1. The molecule has 16 heteroatoms. The van der Waals surface area contributed by atoms with Gasteiger partial charge < -0.3 is 28.4 Å². The first-order valence-corrected chi connectivity index (χ1v) is 18.2. The Kier molecular flexibility index (Phi) is 11.9. The lowest BCUT2D eigenvalue weighted by molar-refractivity contribution is 0.0809. The van der Waals surface area contributed by atoms with Crippen LogP contribution in [0.25, 0.3) is 0 Å². The van der Waals surface area contributed by atoms with Crippen LogP contribution in [0.5, 0.6) is 34.5 Å². The lowest BCUT2D eigenvalue weighted by Crippen LogP contribution is -2.50. The number of piperazine rings is 1. The molecule has 0 spiro atoms. The van der Waals surface area contributed by atoms with E-state index in [2.05, 4.69) is 40.9 Å². The van der Waals surface area contributed by atoms with Crippen LogP contribution in [0.15, 0.2) is 84.9 Å². The molecule has 4 aromatic carbocycles. The van der Waals surface area contributed by atoms with Crippen molar-refractivity contribution in [3.8, 4) is 34.5 Å². The molecular formula is C40H46N10O6. The number of aromatic nitrogens is 8. The number of nitrogens with zero attached hydrogens (tertiary/aromatic N) is 10. The van der Waals surface area contributed by atoms with Crippen LogP contribution in [0, 0.1) is 0 Å². The second-order valence-corrected chi connectivity index (χ2v) is 13.2. The molecule has 0 aliphatic carbocycles. The highest BCUT2D eigenvalue weighted by atomic mass is 16.5. The minimum absolute atomic E-state index is 0.374. The summed E-state index contributed by atoms with van der Waals surface area (Å²) in [7, 11) is 9.96. The average molecular weight is 763 g/mol. The maximum absolute atomic E-state index is 5.94. The zero-order valence-corrected chi connectivity index (χ0v) is 32.4. The van der Waals surface area contributed by atoms with E-state index >= 15 is 0 Å². The van der Waals surface area contributed by atoms with Crippen molar-refractivity contribution in [1.82, 2.24) is 50.2 Å². The minimum Gasteiger partial charge on any atom is -0.497 e. The van der Waals surface area contributed by atoms with Crippen molar-refractivity contribution >= 4 is 0 Å². The van der Waals surface area contributed by atoms with Gasteiger partial charge in [0.05, 0.1) is 55.7 Å². The maximum Gasteiger partial charge on any atom is 0.173 e. The minimum atomic E-state index is -0.374. The molecule has 2 atom stereocenters. The highest BCUT2D eigenvalue weighted by Gasteiger charge is 2.37. The van der Waals surface area contributed by atoms with Gasteiger partial charge in [-0.25, -0.2) is 9.36 Å². The largest absolute Gasteiger partial charge is 0.497 e. The highest BCUT2D eigenvalue weighted by Crippen LogP contribution is 2.40.